The molecule has 0 atom stereocenters. The molecule has 2 rings (SSSR count). The van der Waals surface area contributed by atoms with Crippen LogP contribution >= 0.6 is 11.3 Å². The second-order valence-corrected chi connectivity index (χ2v) is 5.55. The Kier molecular flexibility index (Phi) is 3.46. The zero-order valence-electron chi connectivity index (χ0n) is 8.81. The Balaban J connectivity index is 2.22. The first-order valence-corrected chi connectivity index (χ1v) is 6.74. The maximum absolute atomic E-state index is 12.0. The van der Waals surface area contributed by atoms with Crippen LogP contribution in [0.25, 0.3) is 0 Å². The van der Waals surface area contributed by atoms with Gasteiger partial charge < -0.3 is 0 Å². The topological polar surface area (TPSA) is 20.3 Å². The van der Waals surface area contributed by atoms with Crippen LogP contribution < -0.4 is 9.30 Å². The summed E-state index contributed by atoms with van der Waals surface area (Å²) in [6.45, 7) is 0. The van der Waals surface area contributed by atoms with Crippen molar-refractivity contribution in [3.05, 3.63) is 46.7 Å². The van der Waals surface area contributed by atoms with Crippen molar-refractivity contribution in [3.8, 4) is 0 Å². The Hall–Kier alpha value is -1.07. The van der Waals surface area contributed by atoms with Gasteiger partial charge in [0.05, 0.1) is 0 Å². The van der Waals surface area contributed by atoms with Gasteiger partial charge in [0.2, 0.25) is 0 Å². The van der Waals surface area contributed by atoms with Crippen LogP contribution in [0.5, 0.6) is 0 Å². The van der Waals surface area contributed by atoms with Crippen LogP contribution in [0.3, 0.4) is 0 Å². The molecule has 2 nitrogen and oxygen atoms in total. The number of amides is 1. The number of thiophene rings is 1. The molecule has 16 heavy (non-hydrogen) atoms. The van der Waals surface area contributed by atoms with Gasteiger partial charge in [0.1, 0.15) is 0 Å². The number of hydrogen-bond donors (Lipinski definition) is 0. The van der Waals surface area contributed by atoms with Crippen LogP contribution in [0.2, 0.25) is 0 Å². The first-order chi connectivity index (χ1) is 7.68. The molecule has 0 aliphatic carbocycles. The fourth-order valence-electron chi connectivity index (χ4n) is 1.37. The van der Waals surface area contributed by atoms with Crippen molar-refractivity contribution in [1.29, 1.82) is 0 Å². The van der Waals surface area contributed by atoms with Gasteiger partial charge in [0.25, 0.3) is 0 Å². The van der Waals surface area contributed by atoms with E-state index in [-0.39, 0.29) is 5.91 Å². The fourth-order valence-corrected chi connectivity index (χ4v) is 2.42. The SMILES string of the molecule is CN(C(=O)c1cccs1)c1cc[c]([Ge])cc1. The van der Waals surface area contributed by atoms with Crippen LogP contribution in [0, 0.1) is 0 Å². The van der Waals surface area contributed by atoms with E-state index in [1.165, 1.54) is 15.7 Å². The van der Waals surface area contributed by atoms with E-state index >= 15 is 0 Å². The van der Waals surface area contributed by atoms with Gasteiger partial charge in [-0.2, -0.15) is 0 Å². The Morgan fingerprint density at radius 3 is 2.50 bits per heavy atom. The molecule has 1 aromatic heterocycles. The number of anilines is 1. The van der Waals surface area contributed by atoms with Crippen molar-refractivity contribution < 1.29 is 4.79 Å². The molecule has 1 heterocycles. The molecule has 3 radical (unpaired) electrons. The third-order valence-electron chi connectivity index (χ3n) is 2.29. The van der Waals surface area contributed by atoms with Gasteiger partial charge in [0.15, 0.2) is 0 Å². The van der Waals surface area contributed by atoms with E-state index in [0.717, 1.165) is 10.6 Å². The van der Waals surface area contributed by atoms with E-state index in [9.17, 15) is 4.79 Å². The molecule has 0 aliphatic heterocycles. The molecular formula is C12H10GeNOS. The van der Waals surface area contributed by atoms with Gasteiger partial charge in [-0.15, -0.1) is 0 Å². The molecule has 0 unspecified atom stereocenters. The fraction of sp³-hybridized carbons (Fsp3) is 0.0833. The summed E-state index contributed by atoms with van der Waals surface area (Å²) in [5, 5.41) is 1.91. The monoisotopic (exact) mass is 290 g/mol. The molecule has 0 fully saturated rings. The summed E-state index contributed by atoms with van der Waals surface area (Å²) in [6.07, 6.45) is 0. The van der Waals surface area contributed by atoms with Gasteiger partial charge in [-0.05, 0) is 0 Å². The molecule has 0 N–H and O–H groups in total. The number of benzene rings is 1. The normalized spacial score (nSPS) is 10.1. The number of rotatable bonds is 2. The molecular weight excluding hydrogens is 279 g/mol. The average Bonchev–Trinajstić information content (AvgIpc) is 2.81. The van der Waals surface area contributed by atoms with E-state index < -0.39 is 0 Å². The average molecular weight is 289 g/mol. The van der Waals surface area contributed by atoms with Crippen LogP contribution in [-0.2, 0) is 0 Å². The van der Waals surface area contributed by atoms with Crippen LogP contribution in [0.15, 0.2) is 41.8 Å². The summed E-state index contributed by atoms with van der Waals surface area (Å²) in [5.74, 6) is 0.0406. The van der Waals surface area contributed by atoms with E-state index in [2.05, 4.69) is 0 Å². The first-order valence-electron chi connectivity index (χ1n) is 4.82. The second kappa shape index (κ2) is 4.84. The Morgan fingerprint density at radius 2 is 1.94 bits per heavy atom. The van der Waals surface area contributed by atoms with E-state index in [1.807, 2.05) is 58.3 Å². The van der Waals surface area contributed by atoms with Crippen molar-refractivity contribution in [2.45, 2.75) is 0 Å². The third-order valence-corrected chi connectivity index (χ3v) is 3.85. The minimum absolute atomic E-state index is 0.0406. The first kappa shape index (κ1) is 11.4. The molecule has 4 heteroatoms. The van der Waals surface area contributed by atoms with Crippen molar-refractivity contribution in [2.75, 3.05) is 11.9 Å². The summed E-state index contributed by atoms with van der Waals surface area (Å²) in [7, 11) is 1.80. The van der Waals surface area contributed by atoms with E-state index in [4.69, 9.17) is 0 Å². The van der Waals surface area contributed by atoms with Crippen molar-refractivity contribution in [2.24, 2.45) is 0 Å². The molecule has 0 saturated heterocycles. The van der Waals surface area contributed by atoms with Crippen molar-refractivity contribution >= 4 is 43.8 Å². The standard InChI is InChI=1S/C12H10GeNOS/c1-14(10-6-4-9(13)5-7-10)12(15)11-3-2-8-16-11/h2-8H,1H3. The summed E-state index contributed by atoms with van der Waals surface area (Å²) in [4.78, 5) is 14.5. The van der Waals surface area contributed by atoms with Gasteiger partial charge in [-0.25, -0.2) is 0 Å². The Bertz CT molecular complexity index is 478. The predicted octanol–water partition coefficient (Wildman–Crippen LogP) is 1.82. The molecule has 0 saturated carbocycles. The summed E-state index contributed by atoms with van der Waals surface area (Å²) >= 11 is 3.50. The Labute approximate surface area is 107 Å². The molecule has 0 aliphatic rings. The molecule has 0 spiro atoms. The number of hydrogen-bond acceptors (Lipinski definition) is 2. The predicted molar refractivity (Wildman–Crippen MR) is 68.9 cm³/mol. The summed E-state index contributed by atoms with van der Waals surface area (Å²) in [6, 6.07) is 11.7. The van der Waals surface area contributed by atoms with Crippen LogP contribution in [0.4, 0.5) is 5.69 Å². The number of carbonyl (C=O) groups is 1. The summed E-state index contributed by atoms with van der Waals surface area (Å²) in [5.41, 5.74) is 0.920. The Morgan fingerprint density at radius 1 is 1.25 bits per heavy atom. The quantitative estimate of drug-likeness (QED) is 0.772. The maximum atomic E-state index is 12.0. The zero-order valence-corrected chi connectivity index (χ0v) is 11.7. The van der Waals surface area contributed by atoms with Gasteiger partial charge in [-0.1, -0.05) is 0 Å². The van der Waals surface area contributed by atoms with Gasteiger partial charge in [0, 0.05) is 0 Å². The van der Waals surface area contributed by atoms with Crippen molar-refractivity contribution in [1.82, 2.24) is 0 Å². The molecule has 79 valence electrons. The molecule has 0 bridgehead atoms. The van der Waals surface area contributed by atoms with Gasteiger partial charge >= 0.3 is 107 Å². The minimum atomic E-state index is 0.0406. The zero-order chi connectivity index (χ0) is 11.5. The summed E-state index contributed by atoms with van der Waals surface area (Å²) < 4.78 is 1.20. The molecule has 2 aromatic rings. The van der Waals surface area contributed by atoms with E-state index in [1.54, 1.807) is 11.9 Å². The molecule has 1 aromatic carbocycles. The van der Waals surface area contributed by atoms with Gasteiger partial charge in [-0.3, -0.25) is 0 Å². The third kappa shape index (κ3) is 2.36. The molecule has 1 amide bonds. The van der Waals surface area contributed by atoms with Crippen LogP contribution in [0.1, 0.15) is 9.67 Å². The second-order valence-electron chi connectivity index (χ2n) is 3.39. The van der Waals surface area contributed by atoms with Crippen LogP contribution in [-0.4, -0.2) is 29.5 Å². The number of nitrogens with zero attached hydrogens (tertiary/aromatic N) is 1. The number of carbonyl (C=O) groups excluding carboxylic acids is 1. The van der Waals surface area contributed by atoms with E-state index in [0.29, 0.717) is 0 Å². The van der Waals surface area contributed by atoms with Crippen molar-refractivity contribution in [3.63, 3.8) is 0 Å².